The Labute approximate surface area is 118 Å². The van der Waals surface area contributed by atoms with Crippen LogP contribution in [0.2, 0.25) is 0 Å². The Hall–Kier alpha value is -0.590. The summed E-state index contributed by atoms with van der Waals surface area (Å²) in [6.07, 6.45) is -0.553. The molecule has 0 spiro atoms. The van der Waals surface area contributed by atoms with Crippen LogP contribution in [0.5, 0.6) is 0 Å². The molecule has 1 amide bonds. The third-order valence-electron chi connectivity index (χ3n) is 2.10. The summed E-state index contributed by atoms with van der Waals surface area (Å²) in [6, 6.07) is 4.87. The van der Waals surface area contributed by atoms with Crippen molar-refractivity contribution < 1.29 is 14.3 Å². The zero-order valence-corrected chi connectivity index (χ0v) is 12.4. The first kappa shape index (κ1) is 15.5. The number of benzene rings is 1. The lowest BCUT2D eigenvalue weighted by molar-refractivity contribution is -0.118. The minimum Gasteiger partial charge on any atom is -0.392 e. The third kappa shape index (κ3) is 5.84. The van der Waals surface area contributed by atoms with Gasteiger partial charge in [-0.1, -0.05) is 22.0 Å². The molecular weight excluding hydrogens is 321 g/mol. The summed E-state index contributed by atoms with van der Waals surface area (Å²) in [5.74, 6) is 0.267. The number of amides is 1. The van der Waals surface area contributed by atoms with E-state index < -0.39 is 6.10 Å². The molecule has 1 unspecified atom stereocenters. The van der Waals surface area contributed by atoms with Crippen LogP contribution in [0.4, 0.5) is 4.39 Å². The van der Waals surface area contributed by atoms with Crippen molar-refractivity contribution in [3.05, 3.63) is 34.1 Å². The first-order chi connectivity index (χ1) is 8.49. The van der Waals surface area contributed by atoms with E-state index in [-0.39, 0.29) is 24.0 Å². The van der Waals surface area contributed by atoms with Gasteiger partial charge >= 0.3 is 0 Å². The number of carbonyl (C=O) groups excluding carboxylic acids is 1. The van der Waals surface area contributed by atoms with Gasteiger partial charge in [-0.15, -0.1) is 11.8 Å². The number of carbonyl (C=O) groups is 1. The molecule has 18 heavy (non-hydrogen) atoms. The molecule has 0 aliphatic carbocycles. The zero-order valence-electron chi connectivity index (χ0n) is 9.95. The fourth-order valence-corrected chi connectivity index (χ4v) is 2.38. The van der Waals surface area contributed by atoms with Gasteiger partial charge in [-0.3, -0.25) is 4.79 Å². The molecule has 1 atom stereocenters. The molecule has 0 bridgehead atoms. The van der Waals surface area contributed by atoms with Crippen molar-refractivity contribution in [2.24, 2.45) is 0 Å². The van der Waals surface area contributed by atoms with Gasteiger partial charge in [0.1, 0.15) is 5.82 Å². The molecule has 0 aromatic heterocycles. The largest absolute Gasteiger partial charge is 0.392 e. The molecule has 0 heterocycles. The van der Waals surface area contributed by atoms with E-state index in [1.165, 1.54) is 17.8 Å². The fraction of sp³-hybridized carbons (Fsp3) is 0.417. The lowest BCUT2D eigenvalue weighted by Crippen LogP contribution is -2.31. The van der Waals surface area contributed by atoms with Crippen molar-refractivity contribution in [1.82, 2.24) is 5.32 Å². The molecule has 100 valence electrons. The smallest absolute Gasteiger partial charge is 0.230 e. The summed E-state index contributed by atoms with van der Waals surface area (Å²) in [4.78, 5) is 11.3. The Kier molecular flexibility index (Phi) is 6.67. The Morgan fingerprint density at radius 1 is 1.61 bits per heavy atom. The van der Waals surface area contributed by atoms with Crippen molar-refractivity contribution in [3.63, 3.8) is 0 Å². The van der Waals surface area contributed by atoms with Crippen LogP contribution in [0.3, 0.4) is 0 Å². The third-order valence-corrected chi connectivity index (χ3v) is 3.58. The zero-order chi connectivity index (χ0) is 13.5. The topological polar surface area (TPSA) is 49.3 Å². The maximum absolute atomic E-state index is 13.5. The number of aliphatic hydroxyl groups excluding tert-OH is 1. The maximum Gasteiger partial charge on any atom is 0.230 e. The molecule has 0 aliphatic rings. The quantitative estimate of drug-likeness (QED) is 0.838. The van der Waals surface area contributed by atoms with Crippen molar-refractivity contribution in [2.45, 2.75) is 18.8 Å². The highest BCUT2D eigenvalue weighted by atomic mass is 79.9. The van der Waals surface area contributed by atoms with E-state index in [0.29, 0.717) is 15.8 Å². The molecule has 0 saturated heterocycles. The second-order valence-electron chi connectivity index (χ2n) is 3.88. The summed E-state index contributed by atoms with van der Waals surface area (Å²) in [5, 5.41) is 11.6. The molecule has 2 N–H and O–H groups in total. The van der Waals surface area contributed by atoms with Gasteiger partial charge in [0, 0.05) is 16.8 Å². The van der Waals surface area contributed by atoms with Gasteiger partial charge in [0.05, 0.1) is 11.9 Å². The highest BCUT2D eigenvalue weighted by molar-refractivity contribution is 9.10. The summed E-state index contributed by atoms with van der Waals surface area (Å²) in [5.41, 5.74) is 0.575. The minimum atomic E-state index is -0.553. The summed E-state index contributed by atoms with van der Waals surface area (Å²) < 4.78 is 14.1. The van der Waals surface area contributed by atoms with Gasteiger partial charge in [-0.25, -0.2) is 4.39 Å². The second-order valence-corrected chi connectivity index (χ2v) is 5.78. The predicted molar refractivity (Wildman–Crippen MR) is 75.0 cm³/mol. The van der Waals surface area contributed by atoms with Crippen LogP contribution in [-0.2, 0) is 10.5 Å². The van der Waals surface area contributed by atoms with Gasteiger partial charge in [0.2, 0.25) is 5.91 Å². The Morgan fingerprint density at radius 2 is 2.33 bits per heavy atom. The Bertz CT molecular complexity index is 415. The first-order valence-corrected chi connectivity index (χ1v) is 7.40. The van der Waals surface area contributed by atoms with Crippen molar-refractivity contribution >= 4 is 33.6 Å². The Balaban J connectivity index is 2.31. The van der Waals surface area contributed by atoms with Crippen LogP contribution in [-0.4, -0.2) is 29.4 Å². The van der Waals surface area contributed by atoms with Crippen LogP contribution in [0.15, 0.2) is 22.7 Å². The van der Waals surface area contributed by atoms with Gasteiger partial charge in [-0.05, 0) is 24.6 Å². The molecule has 0 aliphatic heterocycles. The van der Waals surface area contributed by atoms with E-state index >= 15 is 0 Å². The molecule has 0 saturated carbocycles. The van der Waals surface area contributed by atoms with Crippen LogP contribution >= 0.6 is 27.7 Å². The van der Waals surface area contributed by atoms with Crippen LogP contribution in [0.25, 0.3) is 0 Å². The van der Waals surface area contributed by atoms with E-state index in [1.54, 1.807) is 19.1 Å². The molecular formula is C12H15BrFNO2S. The number of rotatable bonds is 6. The second kappa shape index (κ2) is 7.76. The number of halogens is 2. The van der Waals surface area contributed by atoms with Crippen molar-refractivity contribution in [3.8, 4) is 0 Å². The van der Waals surface area contributed by atoms with Crippen LogP contribution in [0, 0.1) is 5.82 Å². The lowest BCUT2D eigenvalue weighted by Gasteiger charge is -2.07. The fourth-order valence-electron chi connectivity index (χ4n) is 1.20. The molecule has 1 aromatic carbocycles. The Morgan fingerprint density at radius 3 is 2.94 bits per heavy atom. The van der Waals surface area contributed by atoms with E-state index in [0.717, 1.165) is 0 Å². The number of thioether (sulfide) groups is 1. The van der Waals surface area contributed by atoms with E-state index in [2.05, 4.69) is 21.2 Å². The van der Waals surface area contributed by atoms with E-state index in [1.807, 2.05) is 0 Å². The maximum atomic E-state index is 13.5. The highest BCUT2D eigenvalue weighted by Crippen LogP contribution is 2.19. The normalized spacial score (nSPS) is 12.2. The molecule has 3 nitrogen and oxygen atoms in total. The molecule has 0 radical (unpaired) electrons. The average molecular weight is 336 g/mol. The van der Waals surface area contributed by atoms with Gasteiger partial charge in [0.25, 0.3) is 0 Å². The molecule has 1 rings (SSSR count). The van der Waals surface area contributed by atoms with Gasteiger partial charge in [-0.2, -0.15) is 0 Å². The van der Waals surface area contributed by atoms with Crippen molar-refractivity contribution in [1.29, 1.82) is 0 Å². The standard InChI is InChI=1S/C12H15BrFNO2S/c1-8(16)5-15-12(17)7-18-6-9-2-3-10(13)4-11(9)14/h2-4,8,16H,5-7H2,1H3,(H,15,17). The van der Waals surface area contributed by atoms with Crippen LogP contribution in [0.1, 0.15) is 12.5 Å². The molecule has 0 fully saturated rings. The number of nitrogens with one attached hydrogen (secondary N) is 1. The van der Waals surface area contributed by atoms with Gasteiger partial charge < -0.3 is 10.4 Å². The lowest BCUT2D eigenvalue weighted by atomic mass is 10.2. The average Bonchev–Trinajstić information content (AvgIpc) is 2.29. The van der Waals surface area contributed by atoms with Crippen LogP contribution < -0.4 is 5.32 Å². The monoisotopic (exact) mass is 335 g/mol. The summed E-state index contributed by atoms with van der Waals surface area (Å²) >= 11 is 4.52. The highest BCUT2D eigenvalue weighted by Gasteiger charge is 2.06. The summed E-state index contributed by atoms with van der Waals surface area (Å²) in [7, 11) is 0. The van der Waals surface area contributed by atoms with E-state index in [4.69, 9.17) is 5.11 Å². The molecule has 6 heteroatoms. The molecule has 1 aromatic rings. The SMILES string of the molecule is CC(O)CNC(=O)CSCc1ccc(Br)cc1F. The number of hydrogen-bond acceptors (Lipinski definition) is 3. The summed E-state index contributed by atoms with van der Waals surface area (Å²) in [6.45, 7) is 1.84. The predicted octanol–water partition coefficient (Wildman–Crippen LogP) is 2.32. The number of aliphatic hydroxyl groups is 1. The first-order valence-electron chi connectivity index (χ1n) is 5.45. The van der Waals surface area contributed by atoms with Crippen molar-refractivity contribution in [2.75, 3.05) is 12.3 Å². The minimum absolute atomic E-state index is 0.154. The van der Waals surface area contributed by atoms with Gasteiger partial charge in [0.15, 0.2) is 0 Å². The van der Waals surface area contributed by atoms with E-state index in [9.17, 15) is 9.18 Å². The number of hydrogen-bond donors (Lipinski definition) is 2.